The van der Waals surface area contributed by atoms with Crippen molar-refractivity contribution in [1.29, 1.82) is 0 Å². The summed E-state index contributed by atoms with van der Waals surface area (Å²) in [4.78, 5) is 22.5. The van der Waals surface area contributed by atoms with Gasteiger partial charge >= 0.3 is 11.9 Å². The number of halogens is 1. The molecular weight excluding hydrogens is 492 g/mol. The van der Waals surface area contributed by atoms with Crippen LogP contribution in [0.1, 0.15) is 78.6 Å². The molecule has 210 valence electrons. The van der Waals surface area contributed by atoms with Gasteiger partial charge < -0.3 is 35.0 Å². The summed E-state index contributed by atoms with van der Waals surface area (Å²) in [7, 11) is 0. The lowest BCUT2D eigenvalue weighted by molar-refractivity contribution is -0.165. The molecule has 0 saturated carbocycles. The van der Waals surface area contributed by atoms with Crippen LogP contribution in [0.5, 0.6) is 0 Å². The number of hydrogen-bond acceptors (Lipinski definition) is 8. The minimum absolute atomic E-state index is 0.149. The van der Waals surface area contributed by atoms with Crippen molar-refractivity contribution in [2.45, 2.75) is 114 Å². The van der Waals surface area contributed by atoms with E-state index in [0.29, 0.717) is 18.6 Å². The van der Waals surface area contributed by atoms with Crippen LogP contribution >= 0.6 is 11.6 Å². The van der Waals surface area contributed by atoms with Crippen LogP contribution in [0.4, 0.5) is 0 Å². The van der Waals surface area contributed by atoms with E-state index in [2.05, 4.69) is 0 Å². The van der Waals surface area contributed by atoms with Crippen molar-refractivity contribution < 1.29 is 44.6 Å². The van der Waals surface area contributed by atoms with Gasteiger partial charge in [-0.3, -0.25) is 4.79 Å². The fraction of sp³-hybridized carbons (Fsp3) is 0.846. The first-order chi connectivity index (χ1) is 16.9. The van der Waals surface area contributed by atoms with Crippen molar-refractivity contribution in [3.05, 3.63) is 11.6 Å². The van der Waals surface area contributed by atoms with Crippen LogP contribution in [0, 0.1) is 11.8 Å². The number of aliphatic hydroxyl groups excluding tert-OH is 4. The summed E-state index contributed by atoms with van der Waals surface area (Å²) in [5.74, 6) is -2.14. The topological polar surface area (TPSA) is 154 Å². The number of alkyl halides is 1. The van der Waals surface area contributed by atoms with Crippen LogP contribution in [0.15, 0.2) is 11.6 Å². The first-order valence-corrected chi connectivity index (χ1v) is 13.4. The van der Waals surface area contributed by atoms with Gasteiger partial charge in [-0.05, 0) is 39.5 Å². The van der Waals surface area contributed by atoms with Gasteiger partial charge in [0, 0.05) is 24.3 Å². The summed E-state index contributed by atoms with van der Waals surface area (Å²) in [5.41, 5.74) is 0.657. The summed E-state index contributed by atoms with van der Waals surface area (Å²) in [5, 5.41) is 49.0. The SMILES string of the molecule is C/C(=C\C(=O)OCCCCCCCCC(=O)O)C[C@H]1OC[C@@H](C[C@@H](Cl)[C@H](O)[C@@H](C)[C@H](C)O)[C@@H](O)[C@H]1O. The number of unbranched alkanes of at least 4 members (excludes halogenated alkanes) is 5. The molecule has 0 aromatic rings. The molecule has 10 heteroatoms. The molecule has 0 unspecified atom stereocenters. The zero-order valence-corrected chi connectivity index (χ0v) is 22.5. The maximum absolute atomic E-state index is 12.1. The number of carbonyl (C=O) groups is 2. The number of aliphatic carboxylic acids is 1. The van der Waals surface area contributed by atoms with Crippen LogP contribution in [0.2, 0.25) is 0 Å². The van der Waals surface area contributed by atoms with E-state index in [0.717, 1.165) is 32.1 Å². The Morgan fingerprint density at radius 1 is 1.06 bits per heavy atom. The number of rotatable bonds is 17. The predicted molar refractivity (Wildman–Crippen MR) is 136 cm³/mol. The highest BCUT2D eigenvalue weighted by Gasteiger charge is 2.40. The van der Waals surface area contributed by atoms with Crippen molar-refractivity contribution in [1.82, 2.24) is 0 Å². The Bertz CT molecular complexity index is 684. The Morgan fingerprint density at radius 2 is 1.67 bits per heavy atom. The smallest absolute Gasteiger partial charge is 0.330 e. The molecule has 1 fully saturated rings. The lowest BCUT2D eigenvalue weighted by Gasteiger charge is -2.39. The molecule has 0 bridgehead atoms. The number of ether oxygens (including phenoxy) is 2. The Labute approximate surface area is 219 Å². The van der Waals surface area contributed by atoms with Gasteiger partial charge in [0.25, 0.3) is 0 Å². The molecule has 1 rings (SSSR count). The predicted octanol–water partition coefficient (Wildman–Crippen LogP) is 2.79. The summed E-state index contributed by atoms with van der Waals surface area (Å²) in [6, 6.07) is 0. The third kappa shape index (κ3) is 12.3. The summed E-state index contributed by atoms with van der Waals surface area (Å²) < 4.78 is 11.0. The molecule has 1 heterocycles. The zero-order valence-electron chi connectivity index (χ0n) is 21.7. The molecule has 0 radical (unpaired) electrons. The molecular formula is C26H45ClO9. The fourth-order valence-corrected chi connectivity index (χ4v) is 4.71. The van der Waals surface area contributed by atoms with Crippen molar-refractivity contribution in [3.8, 4) is 0 Å². The van der Waals surface area contributed by atoms with Gasteiger partial charge in [0.15, 0.2) is 0 Å². The van der Waals surface area contributed by atoms with Crippen molar-refractivity contribution in [2.24, 2.45) is 11.8 Å². The molecule has 5 N–H and O–H groups in total. The largest absolute Gasteiger partial charge is 0.481 e. The van der Waals surface area contributed by atoms with E-state index in [4.69, 9.17) is 26.2 Å². The van der Waals surface area contributed by atoms with Gasteiger partial charge in [0.1, 0.15) is 6.10 Å². The molecule has 36 heavy (non-hydrogen) atoms. The highest BCUT2D eigenvalue weighted by atomic mass is 35.5. The van der Waals surface area contributed by atoms with E-state index in [9.17, 15) is 30.0 Å². The van der Waals surface area contributed by atoms with Gasteiger partial charge in [0.2, 0.25) is 0 Å². The average Bonchev–Trinajstić information content (AvgIpc) is 2.81. The van der Waals surface area contributed by atoms with E-state index < -0.39 is 59.7 Å². The molecule has 1 saturated heterocycles. The molecule has 1 aliphatic rings. The quantitative estimate of drug-likeness (QED) is 0.0816. The van der Waals surface area contributed by atoms with Crippen molar-refractivity contribution >= 4 is 23.5 Å². The summed E-state index contributed by atoms with van der Waals surface area (Å²) >= 11 is 6.31. The second-order valence-corrected chi connectivity index (χ2v) is 10.6. The first kappa shape index (κ1) is 32.8. The zero-order chi connectivity index (χ0) is 27.3. The highest BCUT2D eigenvalue weighted by Crippen LogP contribution is 2.30. The van der Waals surface area contributed by atoms with E-state index in [-0.39, 0.29) is 25.9 Å². The number of esters is 1. The average molecular weight is 537 g/mol. The Kier molecular flexibility index (Phi) is 15.8. The highest BCUT2D eigenvalue weighted by molar-refractivity contribution is 6.21. The van der Waals surface area contributed by atoms with Gasteiger partial charge in [-0.15, -0.1) is 11.6 Å². The normalized spacial score (nSPS) is 26.2. The van der Waals surface area contributed by atoms with Crippen LogP contribution in [-0.4, -0.2) is 86.6 Å². The number of carboxylic acids is 1. The third-order valence-electron chi connectivity index (χ3n) is 6.85. The second-order valence-electron chi connectivity index (χ2n) is 10.1. The van der Waals surface area contributed by atoms with Crippen LogP contribution in [0.3, 0.4) is 0 Å². The minimum Gasteiger partial charge on any atom is -0.481 e. The number of carboxylic acid groups (broad SMARTS) is 1. The van der Waals surface area contributed by atoms with Gasteiger partial charge in [-0.1, -0.05) is 38.2 Å². The Hall–Kier alpha value is -1.23. The Balaban J connectivity index is 2.34. The van der Waals surface area contributed by atoms with Crippen molar-refractivity contribution in [2.75, 3.05) is 13.2 Å². The van der Waals surface area contributed by atoms with E-state index in [1.807, 2.05) is 0 Å². The molecule has 0 spiro atoms. The van der Waals surface area contributed by atoms with Gasteiger partial charge in [-0.2, -0.15) is 0 Å². The number of aliphatic hydroxyl groups is 4. The first-order valence-electron chi connectivity index (χ1n) is 13.0. The maximum atomic E-state index is 12.1. The van der Waals surface area contributed by atoms with Gasteiger partial charge in [0.05, 0.1) is 43.0 Å². The van der Waals surface area contributed by atoms with E-state index in [1.165, 1.54) is 6.08 Å². The maximum Gasteiger partial charge on any atom is 0.330 e. The summed E-state index contributed by atoms with van der Waals surface area (Å²) in [6.07, 6.45) is 2.53. The van der Waals surface area contributed by atoms with Gasteiger partial charge in [-0.25, -0.2) is 4.79 Å². The second kappa shape index (κ2) is 17.3. The van der Waals surface area contributed by atoms with Crippen molar-refractivity contribution in [3.63, 3.8) is 0 Å². The minimum atomic E-state index is -1.17. The third-order valence-corrected chi connectivity index (χ3v) is 7.29. The van der Waals surface area contributed by atoms with E-state index >= 15 is 0 Å². The van der Waals surface area contributed by atoms with E-state index in [1.54, 1.807) is 20.8 Å². The number of carbonyl (C=O) groups excluding carboxylic acids is 1. The molecule has 0 aromatic heterocycles. The molecule has 0 aromatic carbocycles. The number of hydrogen-bond donors (Lipinski definition) is 5. The molecule has 0 aliphatic carbocycles. The molecule has 8 atom stereocenters. The monoisotopic (exact) mass is 536 g/mol. The standard InChI is InChI=1S/C26H45ClO9/c1-16(13-23(31)35-11-9-7-5-4-6-8-10-22(29)30)12-21-26(34)25(33)19(15-36-21)14-20(27)24(32)17(2)18(3)28/h13,17-21,24-26,28,32-34H,4-12,14-15H2,1-3H3,(H,29,30)/b16-13+/t17-,18-,19+,20+,21+,24+,25+,26-/m0/s1. The van der Waals surface area contributed by atoms with Crippen LogP contribution in [-0.2, 0) is 19.1 Å². The lowest BCUT2D eigenvalue weighted by atomic mass is 9.84. The summed E-state index contributed by atoms with van der Waals surface area (Å²) in [6.45, 7) is 5.45. The molecule has 1 aliphatic heterocycles. The van der Waals surface area contributed by atoms with Crippen LogP contribution in [0.25, 0.3) is 0 Å². The van der Waals surface area contributed by atoms with Crippen LogP contribution < -0.4 is 0 Å². The lowest BCUT2D eigenvalue weighted by Crippen LogP contribution is -2.51. The molecule has 0 amide bonds. The molecule has 9 nitrogen and oxygen atoms in total. The Morgan fingerprint density at radius 3 is 2.28 bits per heavy atom. The fourth-order valence-electron chi connectivity index (χ4n) is 4.25.